The Hall–Kier alpha value is -3.11. The van der Waals surface area contributed by atoms with Crippen molar-refractivity contribution in [1.82, 2.24) is 10.3 Å². The van der Waals surface area contributed by atoms with Crippen LogP contribution in [0.4, 0.5) is 18.9 Å². The van der Waals surface area contributed by atoms with Crippen molar-refractivity contribution < 1.29 is 26.4 Å². The van der Waals surface area contributed by atoms with Crippen molar-refractivity contribution in [1.29, 1.82) is 0 Å². The SMILES string of the molecule is O=C(NCc1ccc(S(=O)(=O)c2ccc(Cl)cc2C(F)(F)F)cc1)C1Cc2cnccc2N1. The quantitative estimate of drug-likeness (QED) is 0.553. The maximum absolute atomic E-state index is 13.4. The second-order valence-corrected chi connectivity index (χ2v) is 9.79. The van der Waals surface area contributed by atoms with Crippen LogP contribution in [0.2, 0.25) is 5.02 Å². The van der Waals surface area contributed by atoms with Crippen LogP contribution >= 0.6 is 11.6 Å². The highest BCUT2D eigenvalue weighted by molar-refractivity contribution is 7.91. The number of pyridine rings is 1. The average Bonchev–Trinajstić information content (AvgIpc) is 3.21. The van der Waals surface area contributed by atoms with Gasteiger partial charge in [-0.2, -0.15) is 13.2 Å². The van der Waals surface area contributed by atoms with Gasteiger partial charge < -0.3 is 10.6 Å². The van der Waals surface area contributed by atoms with Crippen LogP contribution in [0.3, 0.4) is 0 Å². The van der Waals surface area contributed by atoms with Crippen LogP contribution in [-0.2, 0) is 33.8 Å². The fourth-order valence-electron chi connectivity index (χ4n) is 3.53. The number of anilines is 1. The maximum atomic E-state index is 13.4. The van der Waals surface area contributed by atoms with E-state index in [1.807, 2.05) is 0 Å². The monoisotopic (exact) mass is 495 g/mol. The minimum absolute atomic E-state index is 0.126. The van der Waals surface area contributed by atoms with Crippen LogP contribution in [0.1, 0.15) is 16.7 Å². The molecule has 0 bridgehead atoms. The summed E-state index contributed by atoms with van der Waals surface area (Å²) in [6, 6.07) is 9.16. The highest BCUT2D eigenvalue weighted by atomic mass is 35.5. The van der Waals surface area contributed by atoms with Crippen molar-refractivity contribution in [2.24, 2.45) is 0 Å². The average molecular weight is 496 g/mol. The molecular weight excluding hydrogens is 479 g/mol. The van der Waals surface area contributed by atoms with Gasteiger partial charge in [0.2, 0.25) is 15.7 Å². The molecule has 172 valence electrons. The zero-order valence-corrected chi connectivity index (χ0v) is 18.4. The number of halogens is 4. The molecule has 1 amide bonds. The van der Waals surface area contributed by atoms with Gasteiger partial charge in [-0.25, -0.2) is 8.42 Å². The van der Waals surface area contributed by atoms with Gasteiger partial charge in [0.1, 0.15) is 6.04 Å². The van der Waals surface area contributed by atoms with Gasteiger partial charge in [0.05, 0.1) is 15.4 Å². The van der Waals surface area contributed by atoms with E-state index < -0.39 is 32.5 Å². The van der Waals surface area contributed by atoms with E-state index in [1.165, 1.54) is 24.3 Å². The minimum atomic E-state index is -4.89. The molecule has 0 radical (unpaired) electrons. The number of aromatic nitrogens is 1. The molecule has 33 heavy (non-hydrogen) atoms. The third-order valence-corrected chi connectivity index (χ3v) is 7.27. The standard InChI is InChI=1S/C22H17ClF3N3O3S/c23-15-3-6-20(17(10-15)22(24,25)26)33(31,32)16-4-1-13(2-5-16)11-28-21(30)19-9-14-12-27-8-7-18(14)29-19/h1-8,10,12,19,29H,9,11H2,(H,28,30). The van der Waals surface area contributed by atoms with Crippen molar-refractivity contribution in [3.63, 3.8) is 0 Å². The summed E-state index contributed by atoms with van der Waals surface area (Å²) in [6.45, 7) is 0.126. The Morgan fingerprint density at radius 1 is 1.15 bits per heavy atom. The molecule has 0 aliphatic carbocycles. The molecule has 3 aromatic rings. The van der Waals surface area contributed by atoms with Gasteiger partial charge in [0.15, 0.2) is 0 Å². The molecule has 2 N–H and O–H groups in total. The van der Waals surface area contributed by atoms with Crippen molar-refractivity contribution in [3.8, 4) is 0 Å². The molecule has 1 aliphatic rings. The third-order valence-electron chi connectivity index (χ3n) is 5.21. The van der Waals surface area contributed by atoms with Crippen LogP contribution in [-0.4, -0.2) is 25.4 Å². The highest BCUT2D eigenvalue weighted by Crippen LogP contribution is 2.38. The van der Waals surface area contributed by atoms with E-state index in [0.29, 0.717) is 18.1 Å². The molecular formula is C22H17ClF3N3O3S. The van der Waals surface area contributed by atoms with Crippen molar-refractivity contribution in [2.75, 3.05) is 5.32 Å². The molecule has 1 atom stereocenters. The fourth-order valence-corrected chi connectivity index (χ4v) is 5.16. The Morgan fingerprint density at radius 2 is 1.88 bits per heavy atom. The molecule has 1 unspecified atom stereocenters. The number of hydrogen-bond donors (Lipinski definition) is 2. The van der Waals surface area contributed by atoms with E-state index in [0.717, 1.165) is 23.4 Å². The van der Waals surface area contributed by atoms with Gasteiger partial charge >= 0.3 is 6.18 Å². The maximum Gasteiger partial charge on any atom is 0.417 e. The summed E-state index contributed by atoms with van der Waals surface area (Å²) >= 11 is 5.64. The molecule has 11 heteroatoms. The predicted molar refractivity (Wildman–Crippen MR) is 116 cm³/mol. The van der Waals surface area contributed by atoms with Gasteiger partial charge in [-0.1, -0.05) is 23.7 Å². The second kappa shape index (κ2) is 8.68. The largest absolute Gasteiger partial charge is 0.417 e. The normalized spacial score (nSPS) is 15.6. The number of rotatable bonds is 5. The Morgan fingerprint density at radius 3 is 2.55 bits per heavy atom. The molecule has 6 nitrogen and oxygen atoms in total. The number of carbonyl (C=O) groups excluding carboxylic acids is 1. The minimum Gasteiger partial charge on any atom is -0.373 e. The lowest BCUT2D eigenvalue weighted by Gasteiger charge is -2.14. The van der Waals surface area contributed by atoms with E-state index in [-0.39, 0.29) is 22.4 Å². The van der Waals surface area contributed by atoms with Crippen molar-refractivity contribution in [3.05, 3.63) is 82.6 Å². The van der Waals surface area contributed by atoms with Crippen molar-refractivity contribution in [2.45, 2.75) is 35.0 Å². The number of hydrogen-bond acceptors (Lipinski definition) is 5. The summed E-state index contributed by atoms with van der Waals surface area (Å²) in [7, 11) is -4.44. The first-order valence-corrected chi connectivity index (χ1v) is 11.6. The Labute approximate surface area is 192 Å². The van der Waals surface area contributed by atoms with E-state index in [4.69, 9.17) is 11.6 Å². The number of alkyl halides is 3. The number of fused-ring (bicyclic) bond motifs is 1. The first-order valence-electron chi connectivity index (χ1n) is 9.73. The van der Waals surface area contributed by atoms with Gasteiger partial charge in [-0.05, 0) is 47.5 Å². The Bertz CT molecular complexity index is 1290. The molecule has 0 fully saturated rings. The van der Waals surface area contributed by atoms with E-state index >= 15 is 0 Å². The Balaban J connectivity index is 1.46. The van der Waals surface area contributed by atoms with Crippen LogP contribution in [0, 0.1) is 0 Å². The third kappa shape index (κ3) is 4.81. The summed E-state index contributed by atoms with van der Waals surface area (Å²) < 4.78 is 65.8. The van der Waals surface area contributed by atoms with E-state index in [9.17, 15) is 26.4 Å². The second-order valence-electron chi connectivity index (χ2n) is 7.44. The zero-order chi connectivity index (χ0) is 23.8. The molecule has 0 saturated heterocycles. The van der Waals surface area contributed by atoms with Gasteiger partial charge in [-0.15, -0.1) is 0 Å². The molecule has 4 rings (SSSR count). The summed E-state index contributed by atoms with van der Waals surface area (Å²) in [6.07, 6.45) is -1.07. The molecule has 0 spiro atoms. The molecule has 2 heterocycles. The molecule has 0 saturated carbocycles. The highest BCUT2D eigenvalue weighted by Gasteiger charge is 2.38. The number of nitrogens with one attached hydrogen (secondary N) is 2. The van der Waals surface area contributed by atoms with Gasteiger partial charge in [-0.3, -0.25) is 9.78 Å². The number of benzene rings is 2. The van der Waals surface area contributed by atoms with Gasteiger partial charge in [0, 0.05) is 36.1 Å². The fraction of sp³-hybridized carbons (Fsp3) is 0.182. The lowest BCUT2D eigenvalue weighted by atomic mass is 10.1. The van der Waals surface area contributed by atoms with Crippen molar-refractivity contribution >= 4 is 33.0 Å². The summed E-state index contributed by atoms with van der Waals surface area (Å²) in [5.74, 6) is -0.237. The first kappa shape index (κ1) is 23.1. The van der Waals surface area contributed by atoms with Crippen LogP contribution < -0.4 is 10.6 Å². The van der Waals surface area contributed by atoms with Gasteiger partial charge in [0.25, 0.3) is 0 Å². The first-order chi connectivity index (χ1) is 15.6. The van der Waals surface area contributed by atoms with Crippen LogP contribution in [0.15, 0.2) is 70.7 Å². The molecule has 2 aromatic carbocycles. The van der Waals surface area contributed by atoms with E-state index in [1.54, 1.807) is 18.5 Å². The molecule has 1 aromatic heterocycles. The lowest BCUT2D eigenvalue weighted by molar-refractivity contribution is -0.139. The lowest BCUT2D eigenvalue weighted by Crippen LogP contribution is -2.38. The van der Waals surface area contributed by atoms with Crippen LogP contribution in [0.25, 0.3) is 0 Å². The summed E-state index contributed by atoms with van der Waals surface area (Å²) in [5, 5.41) is 5.65. The predicted octanol–water partition coefficient (Wildman–Crippen LogP) is 4.24. The summed E-state index contributed by atoms with van der Waals surface area (Å²) in [5.41, 5.74) is 1.05. The smallest absolute Gasteiger partial charge is 0.373 e. The molecule has 1 aliphatic heterocycles. The number of carbonyl (C=O) groups is 1. The number of nitrogens with zero attached hydrogens (tertiary/aromatic N) is 1. The van der Waals surface area contributed by atoms with E-state index in [2.05, 4.69) is 15.6 Å². The number of sulfone groups is 1. The summed E-state index contributed by atoms with van der Waals surface area (Å²) in [4.78, 5) is 15.3. The topological polar surface area (TPSA) is 88.2 Å². The van der Waals surface area contributed by atoms with Crippen LogP contribution in [0.5, 0.6) is 0 Å². The zero-order valence-electron chi connectivity index (χ0n) is 16.9. The Kier molecular flexibility index (Phi) is 6.06. The number of amides is 1.